The maximum Gasteiger partial charge on any atom is 0.339 e. The number of halogens is 1. The van der Waals surface area contributed by atoms with Crippen LogP contribution in [0, 0.1) is 0 Å². The summed E-state index contributed by atoms with van der Waals surface area (Å²) in [6.45, 7) is 2.67. The molecule has 3 rings (SSSR count). The van der Waals surface area contributed by atoms with Crippen LogP contribution in [0.3, 0.4) is 0 Å². The second-order valence-corrected chi connectivity index (χ2v) is 7.42. The van der Waals surface area contributed by atoms with E-state index in [4.69, 9.17) is 25.8 Å². The van der Waals surface area contributed by atoms with Crippen molar-refractivity contribution < 1.29 is 27.4 Å². The first-order valence-electron chi connectivity index (χ1n) is 7.80. The summed E-state index contributed by atoms with van der Waals surface area (Å²) in [7, 11) is -3.87. The van der Waals surface area contributed by atoms with Crippen LogP contribution in [0.2, 0.25) is 5.02 Å². The number of rotatable bonds is 5. The monoisotopic (exact) mass is 397 g/mol. The quantitative estimate of drug-likeness (QED) is 0.779. The molecule has 1 N–H and O–H groups in total. The third-order valence-electron chi connectivity index (χ3n) is 3.54. The van der Waals surface area contributed by atoms with Gasteiger partial charge < -0.3 is 14.2 Å². The molecule has 1 aliphatic rings. The third kappa shape index (κ3) is 3.86. The molecule has 0 unspecified atom stereocenters. The lowest BCUT2D eigenvalue weighted by molar-refractivity contribution is 0.0526. The van der Waals surface area contributed by atoms with Crippen molar-refractivity contribution in [2.24, 2.45) is 0 Å². The molecule has 0 atom stereocenters. The molecule has 0 amide bonds. The van der Waals surface area contributed by atoms with Gasteiger partial charge in [0.2, 0.25) is 0 Å². The summed E-state index contributed by atoms with van der Waals surface area (Å²) in [6.07, 6.45) is 0. The van der Waals surface area contributed by atoms with Gasteiger partial charge in [-0.25, -0.2) is 13.2 Å². The second-order valence-electron chi connectivity index (χ2n) is 5.33. The highest BCUT2D eigenvalue weighted by Gasteiger charge is 2.20. The van der Waals surface area contributed by atoms with Crippen molar-refractivity contribution in [3.05, 3.63) is 47.0 Å². The maximum absolute atomic E-state index is 12.6. The highest BCUT2D eigenvalue weighted by molar-refractivity contribution is 7.92. The van der Waals surface area contributed by atoms with Gasteiger partial charge in [-0.2, -0.15) is 0 Å². The first-order valence-corrected chi connectivity index (χ1v) is 9.66. The van der Waals surface area contributed by atoms with Crippen LogP contribution in [0.4, 0.5) is 5.69 Å². The van der Waals surface area contributed by atoms with E-state index in [2.05, 4.69) is 4.72 Å². The molecule has 26 heavy (non-hydrogen) atoms. The van der Waals surface area contributed by atoms with Crippen LogP contribution in [0.5, 0.6) is 11.5 Å². The molecule has 138 valence electrons. The molecule has 0 aromatic heterocycles. The van der Waals surface area contributed by atoms with E-state index < -0.39 is 16.0 Å². The van der Waals surface area contributed by atoms with E-state index in [0.29, 0.717) is 24.7 Å². The molecule has 1 aliphatic heterocycles. The number of sulfonamides is 1. The van der Waals surface area contributed by atoms with Crippen LogP contribution in [-0.2, 0) is 14.8 Å². The predicted octanol–water partition coefficient (Wildman–Crippen LogP) is 3.09. The van der Waals surface area contributed by atoms with E-state index in [0.717, 1.165) is 0 Å². The van der Waals surface area contributed by atoms with E-state index >= 15 is 0 Å². The minimum atomic E-state index is -3.87. The van der Waals surface area contributed by atoms with Crippen LogP contribution in [0.15, 0.2) is 41.3 Å². The third-order valence-corrected chi connectivity index (χ3v) is 5.23. The topological polar surface area (TPSA) is 90.9 Å². The van der Waals surface area contributed by atoms with Crippen LogP contribution in [0.1, 0.15) is 17.3 Å². The fourth-order valence-electron chi connectivity index (χ4n) is 2.36. The molecule has 1 heterocycles. The molecule has 0 bridgehead atoms. The number of fused-ring (bicyclic) bond motifs is 1. The van der Waals surface area contributed by atoms with Gasteiger partial charge in [-0.15, -0.1) is 0 Å². The van der Waals surface area contributed by atoms with E-state index in [9.17, 15) is 13.2 Å². The van der Waals surface area contributed by atoms with Gasteiger partial charge >= 0.3 is 5.97 Å². The van der Waals surface area contributed by atoms with Crippen LogP contribution < -0.4 is 14.2 Å². The summed E-state index contributed by atoms with van der Waals surface area (Å²) in [5.74, 6) is 0.297. The van der Waals surface area contributed by atoms with E-state index in [1.54, 1.807) is 13.0 Å². The predicted molar refractivity (Wildman–Crippen MR) is 95.6 cm³/mol. The highest BCUT2D eigenvalue weighted by atomic mass is 35.5. The Hall–Kier alpha value is -2.45. The molecule has 2 aromatic carbocycles. The molecule has 0 spiro atoms. The average Bonchev–Trinajstić information content (AvgIpc) is 2.61. The Labute approximate surface area is 155 Å². The summed E-state index contributed by atoms with van der Waals surface area (Å²) in [5, 5.41) is 0.0887. The lowest BCUT2D eigenvalue weighted by Crippen LogP contribution is -2.17. The van der Waals surface area contributed by atoms with Gasteiger partial charge in [-0.3, -0.25) is 4.72 Å². The van der Waals surface area contributed by atoms with E-state index in [1.165, 1.54) is 30.3 Å². The summed E-state index contributed by atoms with van der Waals surface area (Å²) in [5.41, 5.74) is 0.383. The Bertz CT molecular complexity index is 944. The Morgan fingerprint density at radius 3 is 2.58 bits per heavy atom. The molecule has 0 radical (unpaired) electrons. The largest absolute Gasteiger partial charge is 0.486 e. The van der Waals surface area contributed by atoms with Gasteiger partial charge in [0.25, 0.3) is 10.0 Å². The number of hydrogen-bond acceptors (Lipinski definition) is 6. The number of carbonyl (C=O) groups excluding carboxylic acids is 1. The van der Waals surface area contributed by atoms with Crippen molar-refractivity contribution in [3.8, 4) is 11.5 Å². The van der Waals surface area contributed by atoms with Crippen molar-refractivity contribution in [1.82, 2.24) is 0 Å². The summed E-state index contributed by atoms with van der Waals surface area (Å²) >= 11 is 6.06. The van der Waals surface area contributed by atoms with Crippen molar-refractivity contribution in [2.75, 3.05) is 24.5 Å². The van der Waals surface area contributed by atoms with Crippen LogP contribution >= 0.6 is 11.6 Å². The molecular formula is C17H16ClNO6S. The fraction of sp³-hybridized carbons (Fsp3) is 0.235. The highest BCUT2D eigenvalue weighted by Crippen LogP contribution is 2.33. The first kappa shape index (κ1) is 18.3. The van der Waals surface area contributed by atoms with Gasteiger partial charge in [0.05, 0.1) is 27.8 Å². The number of carbonyl (C=O) groups is 1. The molecule has 9 heteroatoms. The van der Waals surface area contributed by atoms with Crippen molar-refractivity contribution in [2.45, 2.75) is 11.8 Å². The maximum atomic E-state index is 12.6. The zero-order valence-corrected chi connectivity index (χ0v) is 15.4. The van der Waals surface area contributed by atoms with Gasteiger partial charge in [-0.05, 0) is 37.3 Å². The van der Waals surface area contributed by atoms with Crippen molar-refractivity contribution in [1.29, 1.82) is 0 Å². The molecule has 0 saturated heterocycles. The van der Waals surface area contributed by atoms with E-state index in [-0.39, 0.29) is 27.8 Å². The zero-order valence-electron chi connectivity index (χ0n) is 13.8. The normalized spacial score (nSPS) is 13.2. The molecule has 2 aromatic rings. The summed E-state index contributed by atoms with van der Waals surface area (Å²) in [4.78, 5) is 11.8. The lowest BCUT2D eigenvalue weighted by Gasteiger charge is -2.19. The number of anilines is 1. The van der Waals surface area contributed by atoms with Gasteiger partial charge in [0.1, 0.15) is 13.2 Å². The van der Waals surface area contributed by atoms with E-state index in [1.807, 2.05) is 0 Å². The number of ether oxygens (including phenoxy) is 3. The molecule has 0 fully saturated rings. The van der Waals surface area contributed by atoms with Crippen LogP contribution in [0.25, 0.3) is 0 Å². The summed E-state index contributed by atoms with van der Waals surface area (Å²) in [6, 6.07) is 8.55. The minimum Gasteiger partial charge on any atom is -0.486 e. The smallest absolute Gasteiger partial charge is 0.339 e. The number of esters is 1. The average molecular weight is 398 g/mol. The zero-order chi connectivity index (χ0) is 18.7. The summed E-state index contributed by atoms with van der Waals surface area (Å²) < 4.78 is 43.2. The first-order chi connectivity index (χ1) is 12.4. The SMILES string of the molecule is CCOC(=O)c1ccc(NS(=O)(=O)c2ccc3c(c2)OCCO3)cc1Cl. The Balaban J connectivity index is 1.83. The Kier molecular flexibility index (Phi) is 5.24. The molecule has 7 nitrogen and oxygen atoms in total. The fourth-order valence-corrected chi connectivity index (χ4v) is 3.68. The number of benzene rings is 2. The lowest BCUT2D eigenvalue weighted by atomic mass is 10.2. The Morgan fingerprint density at radius 1 is 1.15 bits per heavy atom. The molecular weight excluding hydrogens is 382 g/mol. The molecule has 0 saturated carbocycles. The minimum absolute atomic E-state index is 0.0207. The van der Waals surface area contributed by atoms with Gasteiger partial charge in [0, 0.05) is 6.07 Å². The van der Waals surface area contributed by atoms with Crippen molar-refractivity contribution in [3.63, 3.8) is 0 Å². The Morgan fingerprint density at radius 2 is 1.88 bits per heavy atom. The van der Waals surface area contributed by atoms with Crippen molar-refractivity contribution >= 4 is 33.3 Å². The second kappa shape index (κ2) is 7.43. The number of nitrogens with one attached hydrogen (secondary N) is 1. The number of hydrogen-bond donors (Lipinski definition) is 1. The van der Waals surface area contributed by atoms with Gasteiger partial charge in [-0.1, -0.05) is 11.6 Å². The molecule has 0 aliphatic carbocycles. The standard InChI is InChI=1S/C17H16ClNO6S/c1-2-23-17(20)13-5-3-11(9-14(13)18)19-26(21,22)12-4-6-15-16(10-12)25-8-7-24-15/h3-6,9-10,19H,2,7-8H2,1H3. The van der Waals surface area contributed by atoms with Crippen LogP contribution in [-0.4, -0.2) is 34.2 Å². The van der Waals surface area contributed by atoms with Gasteiger partial charge in [0.15, 0.2) is 11.5 Å².